The molecular weight excluding hydrogens is 257 g/mol. The highest BCUT2D eigenvalue weighted by atomic mass is 32.1. The molecule has 2 rings (SSSR count). The van der Waals surface area contributed by atoms with E-state index >= 15 is 0 Å². The van der Waals surface area contributed by atoms with Crippen LogP contribution in [0.4, 0.5) is 4.39 Å². The van der Waals surface area contributed by atoms with Crippen LogP contribution in [-0.2, 0) is 4.74 Å². The summed E-state index contributed by atoms with van der Waals surface area (Å²) in [5, 5.41) is 9.90. The van der Waals surface area contributed by atoms with Gasteiger partial charge < -0.3 is 9.84 Å². The molecule has 0 bridgehead atoms. The molecule has 0 aliphatic carbocycles. The third-order valence-corrected chi connectivity index (χ3v) is 3.27. The lowest BCUT2D eigenvalue weighted by atomic mass is 10.1. The lowest BCUT2D eigenvalue weighted by Gasteiger charge is -2.05. The van der Waals surface area contributed by atoms with E-state index in [1.807, 2.05) is 6.92 Å². The highest BCUT2D eigenvalue weighted by molar-refractivity contribution is 7.14. The zero-order valence-corrected chi connectivity index (χ0v) is 10.5. The fourth-order valence-corrected chi connectivity index (χ4v) is 2.25. The van der Waals surface area contributed by atoms with Gasteiger partial charge >= 0.3 is 5.97 Å². The number of carbonyl (C=O) groups excluding carboxylic acids is 1. The molecule has 0 aliphatic heterocycles. The van der Waals surface area contributed by atoms with Crippen LogP contribution in [0.25, 0.3) is 10.6 Å². The van der Waals surface area contributed by atoms with Crippen LogP contribution in [0.3, 0.4) is 0 Å². The van der Waals surface area contributed by atoms with Gasteiger partial charge in [0.2, 0.25) is 0 Å². The number of ether oxygens (including phenoxy) is 1. The Bertz CT molecular complexity index is 609. The molecule has 1 aromatic carbocycles. The van der Waals surface area contributed by atoms with Gasteiger partial charge in [-0.3, -0.25) is 0 Å². The Kier molecular flexibility index (Phi) is 3.29. The Hall–Kier alpha value is -1.95. The molecule has 1 heterocycles. The van der Waals surface area contributed by atoms with Gasteiger partial charge in [0.05, 0.1) is 18.2 Å². The number of aromatic nitrogens is 1. The molecule has 0 radical (unpaired) electrons. The second kappa shape index (κ2) is 4.73. The zero-order valence-electron chi connectivity index (χ0n) is 9.73. The fourth-order valence-electron chi connectivity index (χ4n) is 1.48. The number of methoxy groups -OCH3 is 1. The Balaban J connectivity index is 2.59. The minimum absolute atomic E-state index is 0.0826. The third kappa shape index (κ3) is 2.19. The highest BCUT2D eigenvalue weighted by Crippen LogP contribution is 2.32. The molecular formula is C12H10FNO3S. The number of thiazole rings is 1. The number of benzene rings is 1. The Morgan fingerprint density at radius 3 is 2.78 bits per heavy atom. The SMILES string of the molecule is COC(=O)c1cc(O)c(F)c(-c2ncc(C)s2)c1. The third-order valence-electron chi connectivity index (χ3n) is 2.33. The number of rotatable bonds is 2. The standard InChI is InChI=1S/C12H10FNO3S/c1-6-5-14-11(18-6)8-3-7(12(16)17-2)4-9(15)10(8)13/h3-5,15H,1-2H3. The summed E-state index contributed by atoms with van der Waals surface area (Å²) >= 11 is 1.28. The Morgan fingerprint density at radius 2 is 2.22 bits per heavy atom. The van der Waals surface area contributed by atoms with Gasteiger partial charge in [-0.2, -0.15) is 0 Å². The quantitative estimate of drug-likeness (QED) is 0.850. The number of carbonyl (C=O) groups is 1. The van der Waals surface area contributed by atoms with Crippen LogP contribution in [0.5, 0.6) is 5.75 Å². The molecule has 1 aromatic heterocycles. The van der Waals surface area contributed by atoms with Gasteiger partial charge in [0.15, 0.2) is 11.6 Å². The largest absolute Gasteiger partial charge is 0.505 e. The number of phenolic OH excluding ortho intramolecular Hbond substituents is 1. The van der Waals surface area contributed by atoms with Crippen LogP contribution < -0.4 is 0 Å². The molecule has 0 fully saturated rings. The number of aryl methyl sites for hydroxylation is 1. The second-order valence-electron chi connectivity index (χ2n) is 3.62. The molecule has 94 valence electrons. The van der Waals surface area contributed by atoms with Crippen molar-refractivity contribution in [3.63, 3.8) is 0 Å². The molecule has 2 aromatic rings. The van der Waals surface area contributed by atoms with Gasteiger partial charge in [0.25, 0.3) is 0 Å². The van der Waals surface area contributed by atoms with Gasteiger partial charge in [-0.1, -0.05) is 0 Å². The molecule has 6 heteroatoms. The molecule has 0 unspecified atom stereocenters. The number of hydrogen-bond donors (Lipinski definition) is 1. The topological polar surface area (TPSA) is 59.4 Å². The maximum Gasteiger partial charge on any atom is 0.338 e. The molecule has 0 saturated carbocycles. The van der Waals surface area contributed by atoms with Gasteiger partial charge in [0, 0.05) is 11.1 Å². The van der Waals surface area contributed by atoms with Crippen molar-refractivity contribution in [1.29, 1.82) is 0 Å². The van der Waals surface area contributed by atoms with Crippen molar-refractivity contribution in [1.82, 2.24) is 4.98 Å². The summed E-state index contributed by atoms with van der Waals surface area (Å²) < 4.78 is 18.3. The number of hydrogen-bond acceptors (Lipinski definition) is 5. The number of phenols is 1. The predicted molar refractivity (Wildman–Crippen MR) is 65.2 cm³/mol. The number of nitrogens with zero attached hydrogens (tertiary/aromatic N) is 1. The fraction of sp³-hybridized carbons (Fsp3) is 0.167. The average molecular weight is 267 g/mol. The summed E-state index contributed by atoms with van der Waals surface area (Å²) in [6.45, 7) is 1.84. The van der Waals surface area contributed by atoms with Crippen molar-refractivity contribution in [2.75, 3.05) is 7.11 Å². The van der Waals surface area contributed by atoms with Crippen LogP contribution in [0.1, 0.15) is 15.2 Å². The van der Waals surface area contributed by atoms with Crippen molar-refractivity contribution in [2.45, 2.75) is 6.92 Å². The van der Waals surface area contributed by atoms with E-state index in [9.17, 15) is 14.3 Å². The summed E-state index contributed by atoms with van der Waals surface area (Å²) in [6.07, 6.45) is 1.60. The molecule has 18 heavy (non-hydrogen) atoms. The molecule has 1 N–H and O–H groups in total. The summed E-state index contributed by atoms with van der Waals surface area (Å²) in [5.74, 6) is -2.03. The van der Waals surface area contributed by atoms with Crippen LogP contribution in [0.15, 0.2) is 18.3 Å². The second-order valence-corrected chi connectivity index (χ2v) is 4.86. The van der Waals surface area contributed by atoms with Gasteiger partial charge in [-0.05, 0) is 19.1 Å². The van der Waals surface area contributed by atoms with E-state index in [1.54, 1.807) is 6.20 Å². The van der Waals surface area contributed by atoms with Crippen molar-refractivity contribution in [3.8, 4) is 16.3 Å². The molecule has 0 atom stereocenters. The van der Waals surface area contributed by atoms with E-state index in [4.69, 9.17) is 0 Å². The van der Waals surface area contributed by atoms with Crippen molar-refractivity contribution in [3.05, 3.63) is 34.6 Å². The Morgan fingerprint density at radius 1 is 1.50 bits per heavy atom. The molecule has 0 saturated heterocycles. The molecule has 0 aliphatic rings. The van der Waals surface area contributed by atoms with E-state index in [2.05, 4.69) is 9.72 Å². The van der Waals surface area contributed by atoms with Crippen LogP contribution >= 0.6 is 11.3 Å². The summed E-state index contributed by atoms with van der Waals surface area (Å²) in [4.78, 5) is 16.3. The minimum Gasteiger partial charge on any atom is -0.505 e. The minimum atomic E-state index is -0.794. The van der Waals surface area contributed by atoms with Crippen LogP contribution in [0, 0.1) is 12.7 Å². The number of esters is 1. The van der Waals surface area contributed by atoms with Gasteiger partial charge in [0.1, 0.15) is 5.01 Å². The first-order chi connectivity index (χ1) is 8.52. The first kappa shape index (κ1) is 12.5. The van der Waals surface area contributed by atoms with E-state index in [0.29, 0.717) is 5.01 Å². The summed E-state index contributed by atoms with van der Waals surface area (Å²) in [6, 6.07) is 2.35. The van der Waals surface area contributed by atoms with E-state index < -0.39 is 17.5 Å². The number of aromatic hydroxyl groups is 1. The number of halogens is 1. The summed E-state index contributed by atoms with van der Waals surface area (Å²) in [5.41, 5.74) is 0.174. The maximum absolute atomic E-state index is 13.8. The monoisotopic (exact) mass is 267 g/mol. The van der Waals surface area contributed by atoms with Gasteiger partial charge in [-0.25, -0.2) is 14.2 Å². The molecule has 0 amide bonds. The van der Waals surface area contributed by atoms with Crippen molar-refractivity contribution < 1.29 is 19.0 Å². The van der Waals surface area contributed by atoms with Crippen LogP contribution in [0.2, 0.25) is 0 Å². The zero-order chi connectivity index (χ0) is 13.3. The lowest BCUT2D eigenvalue weighted by molar-refractivity contribution is 0.0600. The first-order valence-corrected chi connectivity index (χ1v) is 5.88. The smallest absolute Gasteiger partial charge is 0.338 e. The Labute approximate surface area is 107 Å². The van der Waals surface area contributed by atoms with Crippen molar-refractivity contribution >= 4 is 17.3 Å². The molecule has 4 nitrogen and oxygen atoms in total. The lowest BCUT2D eigenvalue weighted by Crippen LogP contribution is -2.02. The van der Waals surface area contributed by atoms with E-state index in [0.717, 1.165) is 10.9 Å². The normalized spacial score (nSPS) is 10.4. The highest BCUT2D eigenvalue weighted by Gasteiger charge is 2.17. The van der Waals surface area contributed by atoms with E-state index in [-0.39, 0.29) is 11.1 Å². The predicted octanol–water partition coefficient (Wildman–Crippen LogP) is 2.75. The van der Waals surface area contributed by atoms with Crippen molar-refractivity contribution in [2.24, 2.45) is 0 Å². The summed E-state index contributed by atoms with van der Waals surface area (Å²) in [7, 11) is 1.22. The van der Waals surface area contributed by atoms with Crippen LogP contribution in [-0.4, -0.2) is 23.2 Å². The first-order valence-electron chi connectivity index (χ1n) is 5.06. The van der Waals surface area contributed by atoms with E-state index in [1.165, 1.54) is 24.5 Å². The average Bonchev–Trinajstić information content (AvgIpc) is 2.78. The molecule has 0 spiro atoms. The van der Waals surface area contributed by atoms with Gasteiger partial charge in [-0.15, -0.1) is 11.3 Å². The maximum atomic E-state index is 13.8.